The van der Waals surface area contributed by atoms with Gasteiger partial charge in [-0.3, -0.25) is 0 Å². The molecular formula is C15H14O4. The molecule has 0 bridgehead atoms. The molecule has 4 nitrogen and oxygen atoms in total. The molecule has 0 aliphatic rings. The molecule has 4 heteroatoms. The fraction of sp³-hybridized carbons (Fsp3) is 0.133. The van der Waals surface area contributed by atoms with Crippen LogP contribution in [0.4, 0.5) is 0 Å². The van der Waals surface area contributed by atoms with E-state index in [1.54, 1.807) is 42.5 Å². The third kappa shape index (κ3) is 2.58. The number of aromatic carboxylic acids is 1. The van der Waals surface area contributed by atoms with Crippen molar-refractivity contribution in [2.45, 2.75) is 6.10 Å². The highest BCUT2D eigenvalue weighted by Crippen LogP contribution is 2.30. The molecule has 1 unspecified atom stereocenters. The Bertz CT molecular complexity index is 578. The molecule has 0 fully saturated rings. The number of methoxy groups -OCH3 is 1. The fourth-order valence-electron chi connectivity index (χ4n) is 1.99. The number of hydrogen-bond acceptors (Lipinski definition) is 3. The highest BCUT2D eigenvalue weighted by atomic mass is 16.5. The van der Waals surface area contributed by atoms with Gasteiger partial charge in [0.05, 0.1) is 7.11 Å². The Balaban J connectivity index is 2.53. The molecule has 2 rings (SSSR count). The molecular weight excluding hydrogens is 244 g/mol. The second-order valence-electron chi connectivity index (χ2n) is 4.04. The Morgan fingerprint density at radius 1 is 1.11 bits per heavy atom. The zero-order chi connectivity index (χ0) is 13.8. The Hall–Kier alpha value is -2.33. The molecule has 19 heavy (non-hydrogen) atoms. The van der Waals surface area contributed by atoms with Gasteiger partial charge in [-0.05, 0) is 11.6 Å². The predicted molar refractivity (Wildman–Crippen MR) is 70.5 cm³/mol. The third-order valence-corrected chi connectivity index (χ3v) is 2.90. The van der Waals surface area contributed by atoms with Crippen LogP contribution in [0, 0.1) is 0 Å². The number of carboxylic acids is 1. The van der Waals surface area contributed by atoms with Crippen LogP contribution < -0.4 is 4.74 Å². The van der Waals surface area contributed by atoms with E-state index in [0.29, 0.717) is 11.1 Å². The molecule has 98 valence electrons. The molecule has 0 amide bonds. The van der Waals surface area contributed by atoms with E-state index < -0.39 is 12.1 Å². The van der Waals surface area contributed by atoms with Crippen LogP contribution in [0.25, 0.3) is 0 Å². The van der Waals surface area contributed by atoms with Crippen LogP contribution in [-0.2, 0) is 0 Å². The molecule has 0 heterocycles. The number of carbonyl (C=O) groups is 1. The van der Waals surface area contributed by atoms with Crippen molar-refractivity contribution in [1.82, 2.24) is 0 Å². The number of rotatable bonds is 4. The lowest BCUT2D eigenvalue weighted by molar-refractivity contribution is 0.0687. The van der Waals surface area contributed by atoms with Crippen LogP contribution in [0.1, 0.15) is 27.6 Å². The predicted octanol–water partition coefficient (Wildman–Crippen LogP) is 2.48. The van der Waals surface area contributed by atoms with Gasteiger partial charge in [0.1, 0.15) is 17.4 Å². The summed E-state index contributed by atoms with van der Waals surface area (Å²) in [7, 11) is 1.40. The summed E-state index contributed by atoms with van der Waals surface area (Å²) in [6.45, 7) is 0. The lowest BCUT2D eigenvalue weighted by atomic mass is 9.96. The van der Waals surface area contributed by atoms with Crippen LogP contribution in [0.5, 0.6) is 5.75 Å². The van der Waals surface area contributed by atoms with Gasteiger partial charge in [-0.25, -0.2) is 4.79 Å². The van der Waals surface area contributed by atoms with Crippen molar-refractivity contribution in [3.63, 3.8) is 0 Å². The van der Waals surface area contributed by atoms with Gasteiger partial charge >= 0.3 is 5.97 Å². The van der Waals surface area contributed by atoms with Gasteiger partial charge in [0, 0.05) is 5.56 Å². The van der Waals surface area contributed by atoms with Crippen LogP contribution in [0.3, 0.4) is 0 Å². The summed E-state index contributed by atoms with van der Waals surface area (Å²) in [5.41, 5.74) is 0.942. The first-order valence-electron chi connectivity index (χ1n) is 5.78. The van der Waals surface area contributed by atoms with E-state index in [2.05, 4.69) is 0 Å². The van der Waals surface area contributed by atoms with E-state index in [9.17, 15) is 15.0 Å². The summed E-state index contributed by atoms with van der Waals surface area (Å²) in [6, 6.07) is 13.7. The third-order valence-electron chi connectivity index (χ3n) is 2.90. The van der Waals surface area contributed by atoms with Gasteiger partial charge in [-0.15, -0.1) is 0 Å². The quantitative estimate of drug-likeness (QED) is 0.884. The minimum absolute atomic E-state index is 0.0126. The summed E-state index contributed by atoms with van der Waals surface area (Å²) >= 11 is 0. The van der Waals surface area contributed by atoms with Crippen molar-refractivity contribution in [1.29, 1.82) is 0 Å². The van der Waals surface area contributed by atoms with Crippen LogP contribution in [-0.4, -0.2) is 23.3 Å². The SMILES string of the molecule is COc1cccc(C(O)c2ccccc2)c1C(=O)O. The van der Waals surface area contributed by atoms with Gasteiger partial charge in [0.25, 0.3) is 0 Å². The van der Waals surface area contributed by atoms with Crippen molar-refractivity contribution >= 4 is 5.97 Å². The zero-order valence-corrected chi connectivity index (χ0v) is 10.4. The molecule has 0 radical (unpaired) electrons. The number of hydrogen-bond donors (Lipinski definition) is 2. The Morgan fingerprint density at radius 2 is 1.79 bits per heavy atom. The van der Waals surface area contributed by atoms with E-state index in [0.717, 1.165) is 0 Å². The molecule has 1 atom stereocenters. The topological polar surface area (TPSA) is 66.8 Å². The molecule has 0 spiro atoms. The Kier molecular flexibility index (Phi) is 3.82. The molecule has 2 N–H and O–H groups in total. The van der Waals surface area contributed by atoms with Crippen molar-refractivity contribution in [3.8, 4) is 5.75 Å². The number of aliphatic hydroxyl groups is 1. The van der Waals surface area contributed by atoms with Crippen LogP contribution in [0.2, 0.25) is 0 Å². The zero-order valence-electron chi connectivity index (χ0n) is 10.4. The maximum absolute atomic E-state index is 11.3. The van der Waals surface area contributed by atoms with Crippen molar-refractivity contribution in [3.05, 3.63) is 65.2 Å². The van der Waals surface area contributed by atoms with E-state index in [-0.39, 0.29) is 11.3 Å². The first-order chi connectivity index (χ1) is 9.15. The largest absolute Gasteiger partial charge is 0.496 e. The van der Waals surface area contributed by atoms with Gasteiger partial charge < -0.3 is 14.9 Å². The first kappa shape index (κ1) is 13.1. The maximum Gasteiger partial charge on any atom is 0.339 e. The van der Waals surface area contributed by atoms with Crippen molar-refractivity contribution in [2.24, 2.45) is 0 Å². The van der Waals surface area contributed by atoms with Crippen molar-refractivity contribution < 1.29 is 19.7 Å². The van der Waals surface area contributed by atoms with Crippen LogP contribution in [0.15, 0.2) is 48.5 Å². The summed E-state index contributed by atoms with van der Waals surface area (Å²) in [6.07, 6.45) is -0.998. The molecule has 0 aliphatic heterocycles. The van der Waals surface area contributed by atoms with E-state index >= 15 is 0 Å². The summed E-state index contributed by atoms with van der Waals surface area (Å²) in [5.74, 6) is -0.887. The smallest absolute Gasteiger partial charge is 0.339 e. The van der Waals surface area contributed by atoms with E-state index in [4.69, 9.17) is 4.74 Å². The average Bonchev–Trinajstić information content (AvgIpc) is 2.46. The fourth-order valence-corrected chi connectivity index (χ4v) is 1.99. The lowest BCUT2D eigenvalue weighted by Gasteiger charge is -2.16. The van der Waals surface area contributed by atoms with E-state index in [1.807, 2.05) is 6.07 Å². The standard InChI is InChI=1S/C15H14O4/c1-19-12-9-5-8-11(13(12)15(17)18)14(16)10-6-3-2-4-7-10/h2-9,14,16H,1H3,(H,17,18). The normalized spacial score (nSPS) is 11.9. The van der Waals surface area contributed by atoms with Gasteiger partial charge in [0.15, 0.2) is 0 Å². The maximum atomic E-state index is 11.3. The average molecular weight is 258 g/mol. The van der Waals surface area contributed by atoms with E-state index in [1.165, 1.54) is 7.11 Å². The number of ether oxygens (including phenoxy) is 1. The lowest BCUT2D eigenvalue weighted by Crippen LogP contribution is -2.10. The molecule has 0 saturated heterocycles. The number of aliphatic hydroxyl groups excluding tert-OH is 1. The molecule has 0 saturated carbocycles. The highest BCUT2D eigenvalue weighted by molar-refractivity contribution is 5.93. The molecule has 2 aromatic carbocycles. The summed E-state index contributed by atoms with van der Waals surface area (Å²) in [5, 5.41) is 19.6. The van der Waals surface area contributed by atoms with Gasteiger partial charge in [-0.1, -0.05) is 42.5 Å². The molecule has 0 aromatic heterocycles. The second-order valence-corrected chi connectivity index (χ2v) is 4.04. The number of benzene rings is 2. The minimum Gasteiger partial charge on any atom is -0.496 e. The Labute approximate surface area is 110 Å². The second kappa shape index (κ2) is 5.54. The van der Waals surface area contributed by atoms with Crippen molar-refractivity contribution in [2.75, 3.05) is 7.11 Å². The number of carboxylic acid groups (broad SMARTS) is 1. The Morgan fingerprint density at radius 3 is 2.37 bits per heavy atom. The highest BCUT2D eigenvalue weighted by Gasteiger charge is 2.22. The molecule has 2 aromatic rings. The molecule has 0 aliphatic carbocycles. The minimum atomic E-state index is -1.12. The van der Waals surface area contributed by atoms with Gasteiger partial charge in [-0.2, -0.15) is 0 Å². The summed E-state index contributed by atoms with van der Waals surface area (Å²) < 4.78 is 5.04. The summed E-state index contributed by atoms with van der Waals surface area (Å²) in [4.78, 5) is 11.3. The van der Waals surface area contributed by atoms with Crippen LogP contribution >= 0.6 is 0 Å². The first-order valence-corrected chi connectivity index (χ1v) is 5.78. The van der Waals surface area contributed by atoms with Gasteiger partial charge in [0.2, 0.25) is 0 Å². The monoisotopic (exact) mass is 258 g/mol.